The molecule has 0 atom stereocenters. The Morgan fingerprint density at radius 3 is 2.89 bits per heavy atom. The molecule has 1 aromatic heterocycles. The summed E-state index contributed by atoms with van der Waals surface area (Å²) in [4.78, 5) is 2.40. The van der Waals surface area contributed by atoms with Crippen molar-refractivity contribution in [1.29, 1.82) is 0 Å². The fourth-order valence-corrected chi connectivity index (χ4v) is 0.220. The van der Waals surface area contributed by atoms with Crippen LogP contribution < -0.4 is 56.5 Å². The second-order valence-corrected chi connectivity index (χ2v) is 0.868. The molecule has 0 bridgehead atoms. The van der Waals surface area contributed by atoms with Gasteiger partial charge in [-0.2, -0.15) is 5.21 Å². The van der Waals surface area contributed by atoms with E-state index in [4.69, 9.17) is 5.53 Å². The normalized spacial score (nSPS) is 7.11. The summed E-state index contributed by atoms with van der Waals surface area (Å²) in [5.41, 5.74) is 7.76. The maximum atomic E-state index is 7.76. The van der Waals surface area contributed by atoms with Gasteiger partial charge in [0.15, 0.2) is 5.95 Å². The van der Waals surface area contributed by atoms with Crippen LogP contribution in [0.5, 0.6) is 0 Å². The maximum absolute atomic E-state index is 7.76. The number of hydrogen-bond donors (Lipinski definition) is 0. The number of tetrazole rings is 1. The van der Waals surface area contributed by atoms with Gasteiger partial charge in [-0.3, -0.25) is 5.10 Å². The predicted octanol–water partition coefficient (Wildman–Crippen LogP) is -3.23. The van der Waals surface area contributed by atoms with Crippen LogP contribution in [0.2, 0.25) is 0 Å². The van der Waals surface area contributed by atoms with E-state index < -0.39 is 0 Å². The minimum atomic E-state index is -0.0486. The van der Waals surface area contributed by atoms with Gasteiger partial charge in [0.25, 0.3) is 0 Å². The Bertz CT molecular complexity index is 195. The molecule has 0 unspecified atom stereocenters. The Labute approximate surface area is 92.3 Å². The number of rotatable bonds is 1. The second-order valence-electron chi connectivity index (χ2n) is 0.868. The van der Waals surface area contributed by atoms with Crippen molar-refractivity contribution in [3.8, 4) is 0 Å². The Morgan fingerprint density at radius 2 is 2.44 bits per heavy atom. The molecule has 0 N–H and O–H groups in total. The number of hydrogen-bond acceptors (Lipinski definition) is 4. The van der Waals surface area contributed by atoms with E-state index in [0.717, 1.165) is 0 Å². The van der Waals surface area contributed by atoms with Crippen molar-refractivity contribution in [2.75, 3.05) is 0 Å². The van der Waals surface area contributed by atoms with E-state index in [1.54, 1.807) is 0 Å². The van der Waals surface area contributed by atoms with Gasteiger partial charge in [0.2, 0.25) is 0 Å². The van der Waals surface area contributed by atoms with Gasteiger partial charge in [-0.1, -0.05) is 0 Å². The molecule has 1 aromatic rings. The minimum absolute atomic E-state index is 0. The summed E-state index contributed by atoms with van der Waals surface area (Å²) in [6.07, 6.45) is 0. The van der Waals surface area contributed by atoms with E-state index in [-0.39, 0.29) is 57.3 Å². The van der Waals surface area contributed by atoms with E-state index in [1.165, 1.54) is 0 Å². The molecular formula is CKN7. The first kappa shape index (κ1) is 9.02. The molecule has 0 aromatic carbocycles. The topological polar surface area (TPSA) is 102 Å². The summed E-state index contributed by atoms with van der Waals surface area (Å²) in [5, 5.41) is 15.6. The van der Waals surface area contributed by atoms with Gasteiger partial charge < -0.3 is 0 Å². The first-order chi connectivity index (χ1) is 3.93. The Hall–Kier alpha value is 0.0164. The Balaban J connectivity index is 0.000000640. The van der Waals surface area contributed by atoms with Crippen molar-refractivity contribution >= 4 is 5.95 Å². The van der Waals surface area contributed by atoms with Crippen molar-refractivity contribution < 1.29 is 51.4 Å². The zero-order valence-corrected chi connectivity index (χ0v) is 7.75. The molecule has 0 radical (unpaired) electrons. The van der Waals surface area contributed by atoms with Gasteiger partial charge in [-0.25, -0.2) is 5.10 Å². The molecule has 0 aliphatic rings. The standard InChI is InChI=1S/CN7.K/c2-6-3-1-4-7-8-5-1;/q-1;+1. The molecule has 0 saturated carbocycles. The average Bonchev–Trinajstić information content (AvgIpc) is 2.19. The molecule has 0 spiro atoms. The van der Waals surface area contributed by atoms with Crippen molar-refractivity contribution in [2.24, 2.45) is 5.11 Å². The van der Waals surface area contributed by atoms with Gasteiger partial charge in [0.1, 0.15) is 0 Å². The fraction of sp³-hybridized carbons (Fsp3) is 0. The van der Waals surface area contributed by atoms with E-state index in [0.29, 0.717) is 0 Å². The summed E-state index contributed by atoms with van der Waals surface area (Å²) < 4.78 is 0. The Morgan fingerprint density at radius 1 is 1.67 bits per heavy atom. The third-order valence-corrected chi connectivity index (χ3v) is 0.442. The fourth-order valence-electron chi connectivity index (χ4n) is 0.220. The first-order valence-corrected chi connectivity index (χ1v) is 1.67. The van der Waals surface area contributed by atoms with Crippen LogP contribution >= 0.6 is 0 Å². The molecule has 40 valence electrons. The molecule has 0 aliphatic carbocycles. The number of nitrogens with zero attached hydrogens (tertiary/aromatic N) is 7. The van der Waals surface area contributed by atoms with Crippen LogP contribution in [0.25, 0.3) is 10.4 Å². The van der Waals surface area contributed by atoms with Crippen LogP contribution in [0, 0.1) is 0 Å². The van der Waals surface area contributed by atoms with Gasteiger partial charge >= 0.3 is 51.4 Å². The zero-order chi connectivity index (χ0) is 5.82. The van der Waals surface area contributed by atoms with Gasteiger partial charge in [0, 0.05) is 5.53 Å². The molecule has 1 heterocycles. The van der Waals surface area contributed by atoms with Crippen LogP contribution in [-0.2, 0) is 0 Å². The van der Waals surface area contributed by atoms with Crippen LogP contribution in [-0.4, -0.2) is 15.5 Å². The molecule has 8 heteroatoms. The van der Waals surface area contributed by atoms with Crippen LogP contribution in [0.4, 0.5) is 5.95 Å². The molecule has 0 amide bonds. The molecular weight excluding hydrogens is 149 g/mol. The van der Waals surface area contributed by atoms with E-state index in [1.807, 2.05) is 0 Å². The third kappa shape index (κ3) is 2.89. The largest absolute Gasteiger partial charge is 1.00 e. The molecule has 0 fully saturated rings. The second kappa shape index (κ2) is 4.85. The van der Waals surface area contributed by atoms with Gasteiger partial charge in [0.05, 0.1) is 10.0 Å². The summed E-state index contributed by atoms with van der Waals surface area (Å²) in [7, 11) is 0. The van der Waals surface area contributed by atoms with E-state index in [2.05, 4.69) is 30.7 Å². The predicted molar refractivity (Wildman–Crippen MR) is 22.0 cm³/mol. The summed E-state index contributed by atoms with van der Waals surface area (Å²) in [5.74, 6) is -0.0486. The van der Waals surface area contributed by atoms with Crippen molar-refractivity contribution in [2.45, 2.75) is 0 Å². The maximum Gasteiger partial charge on any atom is 1.00 e. The number of aromatic nitrogens is 4. The van der Waals surface area contributed by atoms with Crippen LogP contribution in [0.1, 0.15) is 0 Å². The average molecular weight is 149 g/mol. The zero-order valence-electron chi connectivity index (χ0n) is 4.63. The molecule has 7 nitrogen and oxygen atoms in total. The van der Waals surface area contributed by atoms with E-state index in [9.17, 15) is 0 Å². The number of azide groups is 1. The Kier molecular flexibility index (Phi) is 4.86. The van der Waals surface area contributed by atoms with Gasteiger partial charge in [-0.15, -0.1) is 5.21 Å². The monoisotopic (exact) mass is 149 g/mol. The molecule has 9 heavy (non-hydrogen) atoms. The first-order valence-electron chi connectivity index (χ1n) is 1.67. The van der Waals surface area contributed by atoms with E-state index >= 15 is 0 Å². The molecule has 0 aliphatic heterocycles. The third-order valence-electron chi connectivity index (χ3n) is 0.442. The quantitative estimate of drug-likeness (QED) is 0.181. The molecule has 1 rings (SSSR count). The van der Waals surface area contributed by atoms with Crippen LogP contribution in [0.15, 0.2) is 5.11 Å². The summed E-state index contributed by atoms with van der Waals surface area (Å²) >= 11 is 0. The summed E-state index contributed by atoms with van der Waals surface area (Å²) in [6.45, 7) is 0. The SMILES string of the molecule is [K+].[N-]=[N+]=Nc1nnn[n-]1. The van der Waals surface area contributed by atoms with Crippen molar-refractivity contribution in [1.82, 2.24) is 20.6 Å². The summed E-state index contributed by atoms with van der Waals surface area (Å²) in [6, 6.07) is 0. The molecule has 0 saturated heterocycles. The van der Waals surface area contributed by atoms with Gasteiger partial charge in [-0.05, 0) is 0 Å². The van der Waals surface area contributed by atoms with Crippen molar-refractivity contribution in [3.63, 3.8) is 0 Å². The van der Waals surface area contributed by atoms with Crippen molar-refractivity contribution in [3.05, 3.63) is 10.4 Å². The smallest absolute Gasteiger partial charge is 0.262 e. The minimum Gasteiger partial charge on any atom is -0.262 e. The van der Waals surface area contributed by atoms with Crippen LogP contribution in [0.3, 0.4) is 0 Å².